The summed E-state index contributed by atoms with van der Waals surface area (Å²) in [7, 11) is -5.97. The molecule has 2 aliphatic rings. The Morgan fingerprint density at radius 3 is 2.33 bits per heavy atom. The third kappa shape index (κ3) is 3.30. The van der Waals surface area contributed by atoms with Gasteiger partial charge < -0.3 is 10.1 Å². The quantitative estimate of drug-likeness (QED) is 0.784. The molecule has 0 radical (unpaired) electrons. The van der Waals surface area contributed by atoms with Crippen LogP contribution in [0.25, 0.3) is 0 Å². The molecular formula is C15H22N2O5S2. The van der Waals surface area contributed by atoms with Gasteiger partial charge in [-0.25, -0.2) is 16.8 Å². The number of benzene rings is 1. The highest BCUT2D eigenvalue weighted by molar-refractivity contribution is 7.91. The van der Waals surface area contributed by atoms with Crippen molar-refractivity contribution >= 4 is 19.9 Å². The molecule has 0 amide bonds. The van der Waals surface area contributed by atoms with Gasteiger partial charge in [-0.3, -0.25) is 0 Å². The summed E-state index contributed by atoms with van der Waals surface area (Å²) in [5.41, 5.74) is 0. The summed E-state index contributed by atoms with van der Waals surface area (Å²) in [5.74, 6) is 0.166. The zero-order valence-corrected chi connectivity index (χ0v) is 15.4. The molecule has 9 heteroatoms. The van der Waals surface area contributed by atoms with Crippen LogP contribution in [0.2, 0.25) is 0 Å². The number of nitrogens with one attached hydrogen (secondary N) is 1. The van der Waals surface area contributed by atoms with Crippen LogP contribution in [-0.4, -0.2) is 59.7 Å². The Balaban J connectivity index is 2.10. The summed E-state index contributed by atoms with van der Waals surface area (Å²) in [6, 6.07) is 3.87. The highest BCUT2D eigenvalue weighted by atomic mass is 32.2. The molecule has 1 atom stereocenters. The van der Waals surface area contributed by atoms with Crippen LogP contribution in [0.15, 0.2) is 28.0 Å². The minimum Gasteiger partial charge on any atom is -0.495 e. The van der Waals surface area contributed by atoms with Gasteiger partial charge >= 0.3 is 0 Å². The van der Waals surface area contributed by atoms with E-state index in [2.05, 4.69) is 5.32 Å². The average Bonchev–Trinajstić information content (AvgIpc) is 3.19. The second-order valence-electron chi connectivity index (χ2n) is 6.30. The molecule has 0 spiro atoms. The van der Waals surface area contributed by atoms with Gasteiger partial charge in [-0.2, -0.15) is 4.31 Å². The maximum Gasteiger partial charge on any atom is 0.247 e. The Hall–Kier alpha value is -1.16. The summed E-state index contributed by atoms with van der Waals surface area (Å²) in [5, 5.41) is 3.19. The van der Waals surface area contributed by atoms with Gasteiger partial charge in [-0.05, 0) is 44.0 Å². The number of nitrogens with zero attached hydrogens (tertiary/aromatic N) is 1. The van der Waals surface area contributed by atoms with Gasteiger partial charge in [0.2, 0.25) is 10.0 Å². The standard InChI is InChI=1S/C15H22N2O5S2/c1-22-14-6-5-13(23(2,18)19)9-15(14)24(20,21)17(11-3-4-11)12-7-8-16-10-12/h5-6,9,11-12,16H,3-4,7-8,10H2,1-2H3. The second kappa shape index (κ2) is 6.29. The Morgan fingerprint density at radius 2 is 1.83 bits per heavy atom. The average molecular weight is 374 g/mol. The van der Waals surface area contributed by atoms with E-state index in [-0.39, 0.29) is 27.6 Å². The predicted octanol–water partition coefficient (Wildman–Crippen LogP) is 0.614. The first-order valence-corrected chi connectivity index (χ1v) is 11.2. The van der Waals surface area contributed by atoms with Crippen molar-refractivity contribution in [2.75, 3.05) is 26.5 Å². The van der Waals surface area contributed by atoms with Crippen LogP contribution >= 0.6 is 0 Å². The Morgan fingerprint density at radius 1 is 1.12 bits per heavy atom. The number of hydrogen-bond acceptors (Lipinski definition) is 6. The number of rotatable bonds is 6. The molecule has 1 saturated carbocycles. The van der Waals surface area contributed by atoms with E-state index in [0.717, 1.165) is 32.1 Å². The van der Waals surface area contributed by atoms with E-state index in [1.165, 1.54) is 25.3 Å². The highest BCUT2D eigenvalue weighted by Crippen LogP contribution is 2.38. The summed E-state index contributed by atoms with van der Waals surface area (Å²) < 4.78 is 57.0. The largest absolute Gasteiger partial charge is 0.495 e. The van der Waals surface area contributed by atoms with E-state index >= 15 is 0 Å². The topological polar surface area (TPSA) is 92.8 Å². The fraction of sp³-hybridized carbons (Fsp3) is 0.600. The fourth-order valence-electron chi connectivity index (χ4n) is 3.08. The monoisotopic (exact) mass is 374 g/mol. The summed E-state index contributed by atoms with van der Waals surface area (Å²) >= 11 is 0. The lowest BCUT2D eigenvalue weighted by Gasteiger charge is -2.28. The molecule has 1 aliphatic heterocycles. The smallest absolute Gasteiger partial charge is 0.247 e. The highest BCUT2D eigenvalue weighted by Gasteiger charge is 2.44. The van der Waals surface area contributed by atoms with Crippen molar-refractivity contribution in [2.24, 2.45) is 0 Å². The number of sulfone groups is 1. The van der Waals surface area contributed by atoms with Crippen molar-refractivity contribution in [3.63, 3.8) is 0 Å². The maximum atomic E-state index is 13.3. The lowest BCUT2D eigenvalue weighted by molar-refractivity contribution is 0.324. The molecular weight excluding hydrogens is 352 g/mol. The van der Waals surface area contributed by atoms with Crippen molar-refractivity contribution in [1.29, 1.82) is 0 Å². The molecule has 1 unspecified atom stereocenters. The number of sulfonamides is 1. The van der Waals surface area contributed by atoms with Crippen molar-refractivity contribution in [1.82, 2.24) is 9.62 Å². The van der Waals surface area contributed by atoms with Crippen LogP contribution in [0.3, 0.4) is 0 Å². The lowest BCUT2D eigenvalue weighted by Crippen LogP contribution is -2.43. The van der Waals surface area contributed by atoms with Crippen LogP contribution in [0.1, 0.15) is 19.3 Å². The molecule has 1 saturated heterocycles. The second-order valence-corrected chi connectivity index (χ2v) is 10.1. The van der Waals surface area contributed by atoms with Crippen molar-refractivity contribution in [3.05, 3.63) is 18.2 Å². The molecule has 3 rings (SSSR count). The minimum absolute atomic E-state index is 0.00787. The number of hydrogen-bond donors (Lipinski definition) is 1. The van der Waals surface area contributed by atoms with Gasteiger partial charge in [-0.1, -0.05) is 0 Å². The number of methoxy groups -OCH3 is 1. The van der Waals surface area contributed by atoms with Crippen molar-refractivity contribution in [2.45, 2.75) is 41.1 Å². The van der Waals surface area contributed by atoms with E-state index in [1.54, 1.807) is 4.31 Å². The molecule has 1 N–H and O–H groups in total. The lowest BCUT2D eigenvalue weighted by atomic mass is 10.2. The van der Waals surface area contributed by atoms with E-state index in [0.29, 0.717) is 6.54 Å². The molecule has 134 valence electrons. The zero-order valence-electron chi connectivity index (χ0n) is 13.7. The summed E-state index contributed by atoms with van der Waals surface area (Å²) in [6.45, 7) is 1.40. The zero-order chi connectivity index (χ0) is 17.5. The Kier molecular flexibility index (Phi) is 4.63. The SMILES string of the molecule is COc1ccc(S(C)(=O)=O)cc1S(=O)(=O)N(C1CC1)C1CCNC1. The van der Waals surface area contributed by atoms with Gasteiger partial charge in [-0.15, -0.1) is 0 Å². The third-order valence-electron chi connectivity index (χ3n) is 4.42. The molecule has 0 aromatic heterocycles. The molecule has 7 nitrogen and oxygen atoms in total. The van der Waals surface area contributed by atoms with Crippen LogP contribution in [-0.2, 0) is 19.9 Å². The molecule has 1 heterocycles. The first-order valence-electron chi connectivity index (χ1n) is 7.87. The van der Waals surface area contributed by atoms with Crippen molar-refractivity contribution < 1.29 is 21.6 Å². The summed E-state index contributed by atoms with van der Waals surface area (Å²) in [6.07, 6.45) is 3.49. The fourth-order valence-corrected chi connectivity index (χ4v) is 5.89. The van der Waals surface area contributed by atoms with Gasteiger partial charge in [0.05, 0.1) is 12.0 Å². The molecule has 2 fully saturated rings. The minimum atomic E-state index is -3.84. The third-order valence-corrected chi connectivity index (χ3v) is 7.56. The van der Waals surface area contributed by atoms with Gasteiger partial charge in [0, 0.05) is 24.9 Å². The Bertz CT molecular complexity index is 825. The normalized spacial score (nSPS) is 22.0. The van der Waals surface area contributed by atoms with Crippen LogP contribution in [0, 0.1) is 0 Å². The molecule has 0 bridgehead atoms. The predicted molar refractivity (Wildman–Crippen MR) is 89.4 cm³/mol. The van der Waals surface area contributed by atoms with E-state index < -0.39 is 19.9 Å². The molecule has 1 aliphatic carbocycles. The first-order chi connectivity index (χ1) is 11.2. The maximum absolute atomic E-state index is 13.3. The number of ether oxygens (including phenoxy) is 1. The van der Waals surface area contributed by atoms with Gasteiger partial charge in [0.1, 0.15) is 10.6 Å². The van der Waals surface area contributed by atoms with Crippen LogP contribution < -0.4 is 10.1 Å². The van der Waals surface area contributed by atoms with Crippen LogP contribution in [0.5, 0.6) is 5.75 Å². The van der Waals surface area contributed by atoms with Gasteiger partial charge in [0.25, 0.3) is 0 Å². The van der Waals surface area contributed by atoms with Crippen LogP contribution in [0.4, 0.5) is 0 Å². The summed E-state index contributed by atoms with van der Waals surface area (Å²) in [4.78, 5) is -0.103. The Labute approximate surface area is 143 Å². The van der Waals surface area contributed by atoms with Gasteiger partial charge in [0.15, 0.2) is 9.84 Å². The first kappa shape index (κ1) is 17.7. The van der Waals surface area contributed by atoms with Crippen molar-refractivity contribution in [3.8, 4) is 5.75 Å². The molecule has 1 aromatic carbocycles. The van der Waals surface area contributed by atoms with E-state index in [1.807, 2.05) is 0 Å². The molecule has 1 aromatic rings. The van der Waals surface area contributed by atoms with E-state index in [9.17, 15) is 16.8 Å². The molecule has 24 heavy (non-hydrogen) atoms. The van der Waals surface area contributed by atoms with E-state index in [4.69, 9.17) is 4.74 Å².